The number of likely N-dealkylation sites (tertiary alicyclic amines) is 1. The Morgan fingerprint density at radius 1 is 0.846 bits per heavy atom. The average Bonchev–Trinajstić information content (AvgIpc) is 3.15. The first-order chi connectivity index (χ1) is 12.7. The second-order valence-electron chi connectivity index (χ2n) is 7.65. The fraction of sp³-hybridized carbons (Fsp3) is 0.619. The van der Waals surface area contributed by atoms with Crippen LogP contribution in [0.2, 0.25) is 0 Å². The van der Waals surface area contributed by atoms with Crippen LogP contribution in [-0.4, -0.2) is 41.9 Å². The minimum absolute atomic E-state index is 0.00748. The summed E-state index contributed by atoms with van der Waals surface area (Å²) in [7, 11) is 0. The predicted octanol–water partition coefficient (Wildman–Crippen LogP) is 2.61. The number of hydrogen-bond acceptors (Lipinski definition) is 3. The van der Waals surface area contributed by atoms with E-state index in [0.717, 1.165) is 45.3 Å². The molecule has 0 radical (unpaired) electrons. The van der Waals surface area contributed by atoms with E-state index in [9.17, 15) is 9.59 Å². The van der Waals surface area contributed by atoms with Gasteiger partial charge in [-0.2, -0.15) is 0 Å². The number of piperidine rings is 1. The van der Waals surface area contributed by atoms with E-state index in [4.69, 9.17) is 0 Å². The number of carbonyl (C=O) groups is 2. The maximum Gasteiger partial charge on any atom is 0.220 e. The zero-order chi connectivity index (χ0) is 18.2. The molecule has 2 fully saturated rings. The van der Waals surface area contributed by atoms with Gasteiger partial charge in [-0.05, 0) is 31.2 Å². The van der Waals surface area contributed by atoms with Crippen molar-refractivity contribution >= 4 is 11.8 Å². The number of amides is 2. The highest BCUT2D eigenvalue weighted by Gasteiger charge is 2.21. The summed E-state index contributed by atoms with van der Waals surface area (Å²) in [6.07, 6.45) is 7.12. The summed E-state index contributed by atoms with van der Waals surface area (Å²) in [6.45, 7) is 2.98. The quantitative estimate of drug-likeness (QED) is 0.788. The van der Waals surface area contributed by atoms with Crippen LogP contribution in [0.5, 0.6) is 0 Å². The lowest BCUT2D eigenvalue weighted by Gasteiger charge is -2.32. The van der Waals surface area contributed by atoms with E-state index in [0.29, 0.717) is 18.9 Å². The van der Waals surface area contributed by atoms with E-state index in [1.807, 2.05) is 6.07 Å². The van der Waals surface area contributed by atoms with Crippen molar-refractivity contribution in [3.8, 4) is 0 Å². The van der Waals surface area contributed by atoms with Crippen molar-refractivity contribution in [2.45, 2.75) is 70.0 Å². The molecule has 26 heavy (non-hydrogen) atoms. The van der Waals surface area contributed by atoms with Crippen LogP contribution in [0.15, 0.2) is 30.3 Å². The molecule has 142 valence electrons. The molecule has 0 aromatic heterocycles. The lowest BCUT2D eigenvalue weighted by Crippen LogP contribution is -2.44. The average molecular weight is 357 g/mol. The van der Waals surface area contributed by atoms with E-state index >= 15 is 0 Å². The number of rotatable bonds is 7. The second-order valence-corrected chi connectivity index (χ2v) is 7.65. The summed E-state index contributed by atoms with van der Waals surface area (Å²) in [5.74, 6) is 0.0258. The van der Waals surface area contributed by atoms with Crippen LogP contribution in [0.4, 0.5) is 0 Å². The zero-order valence-corrected chi connectivity index (χ0v) is 15.6. The Bertz CT molecular complexity index is 576. The van der Waals surface area contributed by atoms with Crippen molar-refractivity contribution in [2.24, 2.45) is 0 Å². The maximum atomic E-state index is 12.1. The van der Waals surface area contributed by atoms with Gasteiger partial charge in [0, 0.05) is 44.6 Å². The second kappa shape index (κ2) is 9.72. The normalized spacial score (nSPS) is 19.4. The van der Waals surface area contributed by atoms with E-state index in [1.165, 1.54) is 18.4 Å². The van der Waals surface area contributed by atoms with Gasteiger partial charge in [-0.15, -0.1) is 0 Å². The molecule has 0 bridgehead atoms. The molecule has 0 spiro atoms. The van der Waals surface area contributed by atoms with Crippen LogP contribution in [0.25, 0.3) is 0 Å². The third kappa shape index (κ3) is 6.13. The molecule has 1 heterocycles. The standard InChI is InChI=1S/C21H31N3O2/c25-20(22-18-8-4-5-9-18)10-11-21(26)23-19-12-14-24(15-13-19)16-17-6-2-1-3-7-17/h1-3,6-7,18-19H,4-5,8-16H2,(H,22,25)(H,23,26). The van der Waals surface area contributed by atoms with Gasteiger partial charge in [0.2, 0.25) is 11.8 Å². The monoisotopic (exact) mass is 357 g/mol. The molecular weight excluding hydrogens is 326 g/mol. The minimum Gasteiger partial charge on any atom is -0.353 e. The van der Waals surface area contributed by atoms with Crippen LogP contribution in [0.3, 0.4) is 0 Å². The van der Waals surface area contributed by atoms with Crippen LogP contribution in [0, 0.1) is 0 Å². The van der Waals surface area contributed by atoms with Crippen LogP contribution in [0.1, 0.15) is 56.9 Å². The Labute approximate surface area is 156 Å². The molecule has 3 rings (SSSR count). The Balaban J connectivity index is 1.30. The summed E-state index contributed by atoms with van der Waals surface area (Å²) in [5, 5.41) is 6.15. The maximum absolute atomic E-state index is 12.1. The molecule has 1 saturated heterocycles. The first-order valence-corrected chi connectivity index (χ1v) is 10.0. The summed E-state index contributed by atoms with van der Waals surface area (Å²) < 4.78 is 0. The van der Waals surface area contributed by atoms with E-state index in [-0.39, 0.29) is 17.9 Å². The van der Waals surface area contributed by atoms with Gasteiger partial charge >= 0.3 is 0 Å². The van der Waals surface area contributed by atoms with Crippen LogP contribution < -0.4 is 10.6 Å². The highest BCUT2D eigenvalue weighted by Crippen LogP contribution is 2.18. The third-order valence-corrected chi connectivity index (χ3v) is 5.50. The van der Waals surface area contributed by atoms with Gasteiger partial charge in [0.1, 0.15) is 0 Å². The Hall–Kier alpha value is -1.88. The fourth-order valence-electron chi connectivity index (χ4n) is 3.97. The predicted molar refractivity (Wildman–Crippen MR) is 103 cm³/mol. The molecule has 2 amide bonds. The van der Waals surface area contributed by atoms with Crippen molar-refractivity contribution in [3.05, 3.63) is 35.9 Å². The molecule has 2 N–H and O–H groups in total. The Morgan fingerprint density at radius 2 is 1.38 bits per heavy atom. The minimum atomic E-state index is 0.00748. The molecule has 1 aliphatic carbocycles. The topological polar surface area (TPSA) is 61.4 Å². The van der Waals surface area contributed by atoms with Crippen molar-refractivity contribution in [2.75, 3.05) is 13.1 Å². The number of nitrogens with zero attached hydrogens (tertiary/aromatic N) is 1. The van der Waals surface area contributed by atoms with Crippen molar-refractivity contribution < 1.29 is 9.59 Å². The molecule has 0 unspecified atom stereocenters. The number of hydrogen-bond donors (Lipinski definition) is 2. The third-order valence-electron chi connectivity index (χ3n) is 5.50. The molecular formula is C21H31N3O2. The first kappa shape index (κ1) is 18.9. The van der Waals surface area contributed by atoms with E-state index in [2.05, 4.69) is 39.8 Å². The fourth-order valence-corrected chi connectivity index (χ4v) is 3.97. The van der Waals surface area contributed by atoms with Gasteiger partial charge in [0.15, 0.2) is 0 Å². The van der Waals surface area contributed by atoms with Crippen molar-refractivity contribution in [1.82, 2.24) is 15.5 Å². The zero-order valence-electron chi connectivity index (χ0n) is 15.6. The number of benzene rings is 1. The van der Waals surface area contributed by atoms with Gasteiger partial charge in [0.05, 0.1) is 0 Å². The van der Waals surface area contributed by atoms with Gasteiger partial charge in [0.25, 0.3) is 0 Å². The van der Waals surface area contributed by atoms with Gasteiger partial charge in [-0.1, -0.05) is 43.2 Å². The SMILES string of the molecule is O=C(CCC(=O)NC1CCN(Cc2ccccc2)CC1)NC1CCCC1. The van der Waals surface area contributed by atoms with Gasteiger partial charge in [-0.25, -0.2) is 0 Å². The van der Waals surface area contributed by atoms with Gasteiger partial charge < -0.3 is 10.6 Å². The Kier molecular flexibility index (Phi) is 7.06. The smallest absolute Gasteiger partial charge is 0.220 e. The highest BCUT2D eigenvalue weighted by molar-refractivity contribution is 5.84. The molecule has 2 aliphatic rings. The summed E-state index contributed by atoms with van der Waals surface area (Å²) >= 11 is 0. The number of nitrogens with one attached hydrogen (secondary N) is 2. The molecule has 1 aromatic carbocycles. The van der Waals surface area contributed by atoms with E-state index in [1.54, 1.807) is 0 Å². The summed E-state index contributed by atoms with van der Waals surface area (Å²) in [4.78, 5) is 26.5. The first-order valence-electron chi connectivity index (χ1n) is 10.0. The van der Waals surface area contributed by atoms with Crippen LogP contribution in [-0.2, 0) is 16.1 Å². The lowest BCUT2D eigenvalue weighted by molar-refractivity contribution is -0.127. The summed E-state index contributed by atoms with van der Waals surface area (Å²) in [5.41, 5.74) is 1.34. The molecule has 0 atom stereocenters. The molecule has 1 aromatic rings. The molecule has 5 heteroatoms. The molecule has 5 nitrogen and oxygen atoms in total. The van der Waals surface area contributed by atoms with E-state index < -0.39 is 0 Å². The summed E-state index contributed by atoms with van der Waals surface area (Å²) in [6, 6.07) is 11.1. The van der Waals surface area contributed by atoms with Gasteiger partial charge in [-0.3, -0.25) is 14.5 Å². The largest absolute Gasteiger partial charge is 0.353 e. The van der Waals surface area contributed by atoms with Crippen molar-refractivity contribution in [3.63, 3.8) is 0 Å². The lowest BCUT2D eigenvalue weighted by atomic mass is 10.0. The van der Waals surface area contributed by atoms with Crippen LogP contribution >= 0.6 is 0 Å². The number of carbonyl (C=O) groups excluding carboxylic acids is 2. The highest BCUT2D eigenvalue weighted by atomic mass is 16.2. The molecule has 1 aliphatic heterocycles. The van der Waals surface area contributed by atoms with Crippen molar-refractivity contribution in [1.29, 1.82) is 0 Å². The Morgan fingerprint density at radius 3 is 1.96 bits per heavy atom. The molecule has 1 saturated carbocycles.